The largest absolute Gasteiger partial charge is 0.490 e. The van der Waals surface area contributed by atoms with Crippen LogP contribution in [0.15, 0.2) is 97.3 Å². The zero-order valence-corrected chi connectivity index (χ0v) is 46.1. The summed E-state index contributed by atoms with van der Waals surface area (Å²) in [4.78, 5) is 12.6. The predicted octanol–water partition coefficient (Wildman–Crippen LogP) is 15.2. The van der Waals surface area contributed by atoms with Crippen molar-refractivity contribution in [3.8, 4) is 23.3 Å². The van der Waals surface area contributed by atoms with Crippen molar-refractivity contribution in [2.45, 2.75) is 168 Å². The minimum Gasteiger partial charge on any atom is -0.490 e. The molecule has 7 aromatic rings. The van der Waals surface area contributed by atoms with E-state index in [4.69, 9.17) is 39.1 Å². The number of hydrogen-bond acceptors (Lipinski definition) is 9. The van der Waals surface area contributed by atoms with E-state index in [0.29, 0.717) is 35.4 Å². The molecule has 9 heterocycles. The van der Waals surface area contributed by atoms with E-state index < -0.39 is 0 Å². The average molecular weight is 1010 g/mol. The Morgan fingerprint density at radius 3 is 1.61 bits per heavy atom. The molecule has 13 rings (SSSR count). The monoisotopic (exact) mass is 1010 g/mol. The molecule has 6 saturated heterocycles. The number of fused-ring (bicyclic) bond motifs is 10. The highest BCUT2D eigenvalue weighted by molar-refractivity contribution is 6.02. The molecule has 10 nitrogen and oxygen atoms in total. The van der Waals surface area contributed by atoms with Gasteiger partial charge >= 0.3 is 0 Å². The van der Waals surface area contributed by atoms with E-state index in [-0.39, 0.29) is 36.5 Å². The average Bonchev–Trinajstić information content (AvgIpc) is 3.43. The van der Waals surface area contributed by atoms with Crippen LogP contribution in [0.25, 0.3) is 43.4 Å². The van der Waals surface area contributed by atoms with Crippen molar-refractivity contribution in [1.82, 2.24) is 25.1 Å². The summed E-state index contributed by atoms with van der Waals surface area (Å²) < 4.78 is 29.9. The summed E-state index contributed by atoms with van der Waals surface area (Å²) in [6.45, 7) is 18.1. The Morgan fingerprint density at radius 1 is 0.573 bits per heavy atom. The minimum absolute atomic E-state index is 0.146. The van der Waals surface area contributed by atoms with Gasteiger partial charge in [-0.15, -0.1) is 10.2 Å². The molecule has 1 unspecified atom stereocenters. The van der Waals surface area contributed by atoms with E-state index >= 15 is 0 Å². The number of aromatic nitrogens is 4. The van der Waals surface area contributed by atoms with Crippen molar-refractivity contribution < 1.29 is 23.4 Å². The third-order valence-corrected chi connectivity index (χ3v) is 18.6. The lowest BCUT2D eigenvalue weighted by molar-refractivity contribution is -0.956. The fourth-order valence-electron chi connectivity index (χ4n) is 14.6. The highest BCUT2D eigenvalue weighted by Crippen LogP contribution is 2.50. The molecule has 3 aromatic heterocycles. The number of benzene rings is 4. The SMILES string of the molecule is CCCC(CCC)Oc1ccc2nccc([C@H](Oc3nnc(O[C@@H](c4ccnc5ccc(OC(CCC)CCC)cc45)[C@H]4C[C@@H]5CC[N@@+]4(C)C[C@@H]5CC)c4cc5ccccc5cc34)[C@H]3C[C@@H]4CCN3C[C@@H]4CC)c2c1. The van der Waals surface area contributed by atoms with Crippen LogP contribution in [0.2, 0.25) is 0 Å². The summed E-state index contributed by atoms with van der Waals surface area (Å²) in [5, 5.41) is 16.6. The Bertz CT molecular complexity index is 3080. The van der Waals surface area contributed by atoms with Gasteiger partial charge in [-0.1, -0.05) is 97.9 Å². The molecular formula is C65H83N6O4+. The van der Waals surface area contributed by atoms with Gasteiger partial charge in [0.05, 0.1) is 60.2 Å². The summed E-state index contributed by atoms with van der Waals surface area (Å²) >= 11 is 0. The van der Waals surface area contributed by atoms with Crippen molar-refractivity contribution in [1.29, 1.82) is 0 Å². The Labute approximate surface area is 446 Å². The summed E-state index contributed by atoms with van der Waals surface area (Å²) in [6.07, 6.45) is 19.1. The molecule has 6 aliphatic rings. The predicted molar refractivity (Wildman–Crippen MR) is 304 cm³/mol. The third-order valence-electron chi connectivity index (χ3n) is 18.6. The molecule has 0 aliphatic carbocycles. The van der Waals surface area contributed by atoms with Crippen LogP contribution in [0.5, 0.6) is 23.3 Å². The first-order chi connectivity index (χ1) is 36.7. The van der Waals surface area contributed by atoms with Gasteiger partial charge in [0.2, 0.25) is 11.8 Å². The van der Waals surface area contributed by atoms with Crippen LogP contribution >= 0.6 is 0 Å². The first kappa shape index (κ1) is 51.5. The number of pyridine rings is 2. The second-order valence-corrected chi connectivity index (χ2v) is 23.3. The van der Waals surface area contributed by atoms with E-state index in [2.05, 4.69) is 138 Å². The van der Waals surface area contributed by atoms with E-state index in [1.54, 1.807) is 0 Å². The maximum Gasteiger partial charge on any atom is 0.242 e. The fraction of sp³-hybridized carbons (Fsp3) is 0.538. The molecule has 0 radical (unpaired) electrons. The van der Waals surface area contributed by atoms with Crippen LogP contribution in [-0.2, 0) is 0 Å². The molecule has 4 bridgehead atoms. The third kappa shape index (κ3) is 10.4. The minimum atomic E-state index is -0.340. The van der Waals surface area contributed by atoms with Gasteiger partial charge in [-0.25, -0.2) is 0 Å². The summed E-state index contributed by atoms with van der Waals surface area (Å²) in [5.41, 5.74) is 4.12. The standard InChI is InChI=1S/C65H83N6O4/c1-8-16-48(17-9-2)72-50-22-24-58-54(38-50)52(26-30-66-58)62(60-36-46-28-32-70(60)40-42(46)12-5)74-64-56-34-44-20-14-15-21-45(44)35-57(56)65(69-68-64)75-63(61-37-47-29-33-71(61,7)41-43(47)13-6)53-27-31-67-59-25-23-51(39-55(53)59)73-49(18-10-3)19-11-4/h14-15,20-27,30-31,34-35,38-39,42-43,46-49,60-63H,8-13,16-19,28-29,32-33,36-37,40-41H2,1-7H3/q+1/t42-,43-,46-,47-,60+,61+,62-,63-,71-/m0/s1. The molecule has 396 valence electrons. The van der Waals surface area contributed by atoms with Crippen molar-refractivity contribution in [3.63, 3.8) is 0 Å². The number of ether oxygens (including phenoxy) is 4. The number of quaternary nitrogens is 1. The topological polar surface area (TPSA) is 91.7 Å². The van der Waals surface area contributed by atoms with Crippen LogP contribution in [0.4, 0.5) is 0 Å². The van der Waals surface area contributed by atoms with Gasteiger partial charge < -0.3 is 23.4 Å². The number of likely N-dealkylation sites (N-methyl/N-ethyl adjacent to an activating group) is 1. The van der Waals surface area contributed by atoms with Gasteiger partial charge in [0.25, 0.3) is 0 Å². The van der Waals surface area contributed by atoms with Gasteiger partial charge in [-0.2, -0.15) is 0 Å². The molecule has 75 heavy (non-hydrogen) atoms. The molecule has 0 spiro atoms. The second kappa shape index (κ2) is 22.6. The van der Waals surface area contributed by atoms with E-state index in [1.807, 2.05) is 12.4 Å². The van der Waals surface area contributed by atoms with Crippen molar-refractivity contribution >= 4 is 43.4 Å². The Kier molecular flexibility index (Phi) is 15.5. The van der Waals surface area contributed by atoms with E-state index in [0.717, 1.165) is 161 Å². The lowest BCUT2D eigenvalue weighted by atomic mass is 9.71. The Morgan fingerprint density at radius 2 is 1.11 bits per heavy atom. The zero-order chi connectivity index (χ0) is 51.6. The molecule has 6 aliphatic heterocycles. The first-order valence-corrected chi connectivity index (χ1v) is 29.4. The van der Waals surface area contributed by atoms with Crippen LogP contribution < -0.4 is 18.9 Å². The van der Waals surface area contributed by atoms with E-state index in [9.17, 15) is 0 Å². The van der Waals surface area contributed by atoms with Gasteiger partial charge in [0.1, 0.15) is 23.6 Å². The van der Waals surface area contributed by atoms with Gasteiger partial charge in [-0.3, -0.25) is 14.9 Å². The summed E-state index contributed by atoms with van der Waals surface area (Å²) in [6, 6.07) is 30.8. The second-order valence-electron chi connectivity index (χ2n) is 23.3. The van der Waals surface area contributed by atoms with Crippen LogP contribution in [0.3, 0.4) is 0 Å². The quantitative estimate of drug-likeness (QED) is 0.0486. The van der Waals surface area contributed by atoms with E-state index in [1.165, 1.54) is 25.7 Å². The lowest BCUT2D eigenvalue weighted by Crippen LogP contribution is -2.66. The highest BCUT2D eigenvalue weighted by Gasteiger charge is 2.53. The van der Waals surface area contributed by atoms with Crippen molar-refractivity contribution in [2.75, 3.05) is 33.2 Å². The summed E-state index contributed by atoms with van der Waals surface area (Å²) in [7, 11) is 2.48. The van der Waals surface area contributed by atoms with Crippen molar-refractivity contribution in [2.24, 2.45) is 23.7 Å². The van der Waals surface area contributed by atoms with Gasteiger partial charge in [-0.05, 0) is 141 Å². The molecule has 10 atom stereocenters. The first-order valence-electron chi connectivity index (χ1n) is 29.4. The lowest BCUT2D eigenvalue weighted by Gasteiger charge is -2.57. The number of piperidine rings is 6. The number of nitrogens with zero attached hydrogens (tertiary/aromatic N) is 6. The molecule has 4 aromatic carbocycles. The highest BCUT2D eigenvalue weighted by atomic mass is 16.5. The number of rotatable bonds is 22. The molecular weight excluding hydrogens is 929 g/mol. The molecule has 6 fully saturated rings. The molecule has 0 saturated carbocycles. The van der Waals surface area contributed by atoms with Gasteiger partial charge in [0.15, 0.2) is 6.10 Å². The molecule has 10 heteroatoms. The van der Waals surface area contributed by atoms with Gasteiger partial charge in [0, 0.05) is 59.6 Å². The molecule has 0 N–H and O–H groups in total. The maximum absolute atomic E-state index is 7.71. The van der Waals surface area contributed by atoms with Crippen molar-refractivity contribution in [3.05, 3.63) is 108 Å². The van der Waals surface area contributed by atoms with Crippen LogP contribution in [-0.4, -0.2) is 87.1 Å². The maximum atomic E-state index is 7.71. The Balaban J connectivity index is 1.04. The van der Waals surface area contributed by atoms with Crippen LogP contribution in [0, 0.1) is 23.7 Å². The Hall–Kier alpha value is -5.58. The number of hydrogen-bond donors (Lipinski definition) is 0. The molecule has 0 amide bonds. The summed E-state index contributed by atoms with van der Waals surface area (Å²) in [5.74, 6) is 5.54. The zero-order valence-electron chi connectivity index (χ0n) is 46.1. The van der Waals surface area contributed by atoms with Crippen LogP contribution in [0.1, 0.15) is 155 Å². The smallest absolute Gasteiger partial charge is 0.242 e. The fourth-order valence-corrected chi connectivity index (χ4v) is 14.6. The normalized spacial score (nSPS) is 25.2.